The zero-order chi connectivity index (χ0) is 14.0. The maximum atomic E-state index is 12.2. The molecule has 1 unspecified atom stereocenters. The summed E-state index contributed by atoms with van der Waals surface area (Å²) in [5, 5.41) is 0. The Kier molecular flexibility index (Phi) is 3.83. The second-order valence-corrected chi connectivity index (χ2v) is 6.15. The third-order valence-corrected chi connectivity index (χ3v) is 3.46. The summed E-state index contributed by atoms with van der Waals surface area (Å²) < 4.78 is 5.48. The fourth-order valence-electron chi connectivity index (χ4n) is 2.57. The fourth-order valence-corrected chi connectivity index (χ4v) is 2.57. The predicted molar refractivity (Wildman–Crippen MR) is 73.0 cm³/mol. The molecule has 0 spiro atoms. The van der Waals surface area contributed by atoms with Crippen LogP contribution in [-0.4, -0.2) is 39.1 Å². The maximum Gasteiger partial charge on any atom is 0.410 e. The van der Waals surface area contributed by atoms with E-state index in [0.717, 1.165) is 25.2 Å². The summed E-state index contributed by atoms with van der Waals surface area (Å²) in [6.45, 7) is 8.56. The Bertz CT molecular complexity index is 422. The first-order chi connectivity index (χ1) is 8.88. The normalized spacial score (nSPS) is 21.5. The highest BCUT2D eigenvalue weighted by molar-refractivity contribution is 5.69. The largest absolute Gasteiger partial charge is 0.444 e. The van der Waals surface area contributed by atoms with Gasteiger partial charge in [0.25, 0.3) is 0 Å². The molecule has 1 fully saturated rings. The molecule has 1 N–H and O–H groups in total. The molecule has 2 atom stereocenters. The average molecular weight is 265 g/mol. The number of ether oxygens (including phenoxy) is 1. The SMILES string of the molecule is CC(c1ncc[nH]1)[C@@H]1CCCN1C(=O)OC(C)(C)C. The van der Waals surface area contributed by atoms with Gasteiger partial charge in [-0.2, -0.15) is 0 Å². The summed E-state index contributed by atoms with van der Waals surface area (Å²) in [5.41, 5.74) is -0.446. The topological polar surface area (TPSA) is 58.2 Å². The number of nitrogens with one attached hydrogen (secondary N) is 1. The summed E-state index contributed by atoms with van der Waals surface area (Å²) in [7, 11) is 0. The molecule has 1 aliphatic heterocycles. The lowest BCUT2D eigenvalue weighted by atomic mass is 9.99. The van der Waals surface area contributed by atoms with Crippen molar-refractivity contribution in [1.82, 2.24) is 14.9 Å². The number of hydrogen-bond acceptors (Lipinski definition) is 3. The van der Waals surface area contributed by atoms with E-state index in [9.17, 15) is 4.79 Å². The van der Waals surface area contributed by atoms with Crippen LogP contribution in [0.4, 0.5) is 4.79 Å². The van der Waals surface area contributed by atoms with E-state index in [-0.39, 0.29) is 18.1 Å². The van der Waals surface area contributed by atoms with E-state index >= 15 is 0 Å². The zero-order valence-corrected chi connectivity index (χ0v) is 12.1. The van der Waals surface area contributed by atoms with Gasteiger partial charge in [-0.15, -0.1) is 0 Å². The smallest absolute Gasteiger partial charge is 0.410 e. The van der Waals surface area contributed by atoms with Crippen molar-refractivity contribution < 1.29 is 9.53 Å². The minimum atomic E-state index is -0.446. The number of likely N-dealkylation sites (tertiary alicyclic amines) is 1. The molecular weight excluding hydrogens is 242 g/mol. The molecule has 106 valence electrons. The van der Waals surface area contributed by atoms with E-state index in [0.29, 0.717) is 0 Å². The van der Waals surface area contributed by atoms with Crippen LogP contribution in [0.2, 0.25) is 0 Å². The summed E-state index contributed by atoms with van der Waals surface area (Å²) in [6.07, 6.45) is 5.38. The van der Waals surface area contributed by atoms with Gasteiger partial charge in [-0.25, -0.2) is 9.78 Å². The molecule has 1 aromatic heterocycles. The molecule has 2 heterocycles. The standard InChI is InChI=1S/C14H23N3O2/c1-10(12-15-7-8-16-12)11-6-5-9-17(11)13(18)19-14(2,3)4/h7-8,10-11H,5-6,9H2,1-4H3,(H,15,16)/t10?,11-/m0/s1. The molecule has 1 amide bonds. The maximum absolute atomic E-state index is 12.2. The van der Waals surface area contributed by atoms with Crippen molar-refractivity contribution in [3.8, 4) is 0 Å². The Labute approximate surface area is 114 Å². The van der Waals surface area contributed by atoms with Crippen molar-refractivity contribution in [3.05, 3.63) is 18.2 Å². The van der Waals surface area contributed by atoms with Gasteiger partial charge in [0.1, 0.15) is 11.4 Å². The number of nitrogens with zero attached hydrogens (tertiary/aromatic N) is 2. The third kappa shape index (κ3) is 3.28. The summed E-state index contributed by atoms with van der Waals surface area (Å²) in [4.78, 5) is 21.5. The van der Waals surface area contributed by atoms with Gasteiger partial charge < -0.3 is 14.6 Å². The lowest BCUT2D eigenvalue weighted by Crippen LogP contribution is -2.42. The number of imidazole rings is 1. The van der Waals surface area contributed by atoms with E-state index in [4.69, 9.17) is 4.74 Å². The minimum Gasteiger partial charge on any atom is -0.444 e. The van der Waals surface area contributed by atoms with E-state index < -0.39 is 5.60 Å². The molecule has 0 aromatic carbocycles. The second kappa shape index (κ2) is 5.23. The van der Waals surface area contributed by atoms with Gasteiger partial charge in [0.2, 0.25) is 0 Å². The molecule has 19 heavy (non-hydrogen) atoms. The number of carbonyl (C=O) groups is 1. The van der Waals surface area contributed by atoms with Crippen molar-refractivity contribution in [2.75, 3.05) is 6.54 Å². The minimum absolute atomic E-state index is 0.168. The Balaban J connectivity index is 2.06. The van der Waals surface area contributed by atoms with Gasteiger partial charge in [-0.3, -0.25) is 0 Å². The lowest BCUT2D eigenvalue weighted by Gasteiger charge is -2.31. The third-order valence-electron chi connectivity index (χ3n) is 3.46. The van der Waals surface area contributed by atoms with Gasteiger partial charge >= 0.3 is 6.09 Å². The molecule has 1 aliphatic rings. The van der Waals surface area contributed by atoms with E-state index in [1.54, 1.807) is 6.20 Å². The second-order valence-electron chi connectivity index (χ2n) is 6.15. The molecule has 1 aromatic rings. The van der Waals surface area contributed by atoms with Gasteiger partial charge in [-0.05, 0) is 33.6 Å². The molecule has 0 saturated carbocycles. The van der Waals surface area contributed by atoms with Crippen molar-refractivity contribution in [3.63, 3.8) is 0 Å². The van der Waals surface area contributed by atoms with Crippen LogP contribution >= 0.6 is 0 Å². The van der Waals surface area contributed by atoms with Crippen LogP contribution in [0.3, 0.4) is 0 Å². The first-order valence-electron chi connectivity index (χ1n) is 6.87. The Morgan fingerprint density at radius 1 is 1.58 bits per heavy atom. The first kappa shape index (κ1) is 13.9. The van der Waals surface area contributed by atoms with Gasteiger partial charge in [0.15, 0.2) is 0 Å². The molecule has 5 nitrogen and oxygen atoms in total. The zero-order valence-electron chi connectivity index (χ0n) is 12.1. The van der Waals surface area contributed by atoms with Crippen LogP contribution < -0.4 is 0 Å². The van der Waals surface area contributed by atoms with Crippen LogP contribution in [-0.2, 0) is 4.74 Å². The number of H-pyrrole nitrogens is 1. The monoisotopic (exact) mass is 265 g/mol. The van der Waals surface area contributed by atoms with Gasteiger partial charge in [-0.1, -0.05) is 6.92 Å². The number of aromatic amines is 1. The first-order valence-corrected chi connectivity index (χ1v) is 6.87. The Morgan fingerprint density at radius 2 is 2.32 bits per heavy atom. The highest BCUT2D eigenvalue weighted by atomic mass is 16.6. The molecule has 2 rings (SSSR count). The van der Waals surface area contributed by atoms with Crippen LogP contribution in [0.25, 0.3) is 0 Å². The van der Waals surface area contributed by atoms with Gasteiger partial charge in [0, 0.05) is 30.9 Å². The average Bonchev–Trinajstić information content (AvgIpc) is 2.97. The van der Waals surface area contributed by atoms with E-state index in [1.165, 1.54) is 0 Å². The molecule has 0 radical (unpaired) electrons. The van der Waals surface area contributed by atoms with Crippen molar-refractivity contribution in [2.24, 2.45) is 0 Å². The highest BCUT2D eigenvalue weighted by Gasteiger charge is 2.36. The lowest BCUT2D eigenvalue weighted by molar-refractivity contribution is 0.0207. The molecule has 0 aliphatic carbocycles. The number of aromatic nitrogens is 2. The van der Waals surface area contributed by atoms with Crippen molar-refractivity contribution >= 4 is 6.09 Å². The quantitative estimate of drug-likeness (QED) is 0.894. The Morgan fingerprint density at radius 3 is 2.89 bits per heavy atom. The highest BCUT2D eigenvalue weighted by Crippen LogP contribution is 2.30. The van der Waals surface area contributed by atoms with Crippen molar-refractivity contribution in [1.29, 1.82) is 0 Å². The number of hydrogen-bond donors (Lipinski definition) is 1. The summed E-state index contributed by atoms with van der Waals surface area (Å²) in [5.74, 6) is 1.13. The summed E-state index contributed by atoms with van der Waals surface area (Å²) in [6, 6.07) is 0.168. The van der Waals surface area contributed by atoms with Crippen molar-refractivity contribution in [2.45, 2.75) is 58.1 Å². The van der Waals surface area contributed by atoms with E-state index in [2.05, 4.69) is 16.9 Å². The molecule has 0 bridgehead atoms. The summed E-state index contributed by atoms with van der Waals surface area (Å²) >= 11 is 0. The van der Waals surface area contributed by atoms with Gasteiger partial charge in [0.05, 0.1) is 0 Å². The van der Waals surface area contributed by atoms with Crippen LogP contribution in [0.15, 0.2) is 12.4 Å². The fraction of sp³-hybridized carbons (Fsp3) is 0.714. The predicted octanol–water partition coefficient (Wildman–Crippen LogP) is 2.91. The van der Waals surface area contributed by atoms with E-state index in [1.807, 2.05) is 31.9 Å². The van der Waals surface area contributed by atoms with Crippen LogP contribution in [0.5, 0.6) is 0 Å². The van der Waals surface area contributed by atoms with Crippen LogP contribution in [0, 0.1) is 0 Å². The Hall–Kier alpha value is -1.52. The number of amides is 1. The number of rotatable bonds is 2. The molecule has 5 heteroatoms. The van der Waals surface area contributed by atoms with Crippen LogP contribution in [0.1, 0.15) is 52.3 Å². The molecular formula is C14H23N3O2. The molecule has 1 saturated heterocycles. The number of carbonyl (C=O) groups excluding carboxylic acids is 1.